The lowest BCUT2D eigenvalue weighted by Gasteiger charge is -2.38. The first kappa shape index (κ1) is 21.6. The number of benzene rings is 1. The van der Waals surface area contributed by atoms with Crippen molar-refractivity contribution in [1.29, 1.82) is 0 Å². The molecule has 5 heteroatoms. The number of fused-ring (bicyclic) bond motifs is 1. The Kier molecular flexibility index (Phi) is 7.12. The Morgan fingerprint density at radius 3 is 2.66 bits per heavy atom. The number of hydrogen-bond donors (Lipinski definition) is 0. The molecule has 3 rings (SSSR count). The van der Waals surface area contributed by atoms with Crippen LogP contribution in [0.15, 0.2) is 35.7 Å². The first-order valence-corrected chi connectivity index (χ1v) is 11.5. The third kappa shape index (κ3) is 4.89. The summed E-state index contributed by atoms with van der Waals surface area (Å²) in [5.41, 5.74) is 3.60. The second-order valence-corrected chi connectivity index (χ2v) is 9.31. The van der Waals surface area contributed by atoms with Crippen LogP contribution < -0.4 is 0 Å². The Labute approximate surface area is 178 Å². The van der Waals surface area contributed by atoms with Gasteiger partial charge in [-0.2, -0.15) is 0 Å². The van der Waals surface area contributed by atoms with Gasteiger partial charge in [-0.3, -0.25) is 9.59 Å². The fraction of sp³-hybridized carbons (Fsp3) is 0.500. The van der Waals surface area contributed by atoms with Crippen molar-refractivity contribution in [3.8, 4) is 0 Å². The van der Waals surface area contributed by atoms with E-state index in [2.05, 4.69) is 37.4 Å². The summed E-state index contributed by atoms with van der Waals surface area (Å²) in [7, 11) is 0. The fourth-order valence-corrected chi connectivity index (χ4v) is 5.01. The smallest absolute Gasteiger partial charge is 0.242 e. The molecule has 0 saturated carbocycles. The summed E-state index contributed by atoms with van der Waals surface area (Å²) in [5.74, 6) is 0.413. The van der Waals surface area contributed by atoms with Crippen LogP contribution in [-0.2, 0) is 16.0 Å². The number of carbonyl (C=O) groups excluding carboxylic acids is 2. The van der Waals surface area contributed by atoms with Crippen LogP contribution in [0.2, 0.25) is 0 Å². The number of rotatable bonds is 7. The Bertz CT molecular complexity index is 858. The standard InChI is InChI=1S/C24H32N2O2S/c1-5-12-25(22(27)15-17(2)3)16-23(28)26-13-10-21-20(11-14-29-21)24(26)19-9-7-6-8-18(19)4/h6-9,11,14,17,24H,5,10,12-13,15-16H2,1-4H3/t24-/m1/s1. The summed E-state index contributed by atoms with van der Waals surface area (Å²) in [6.07, 6.45) is 2.23. The summed E-state index contributed by atoms with van der Waals surface area (Å²) in [4.78, 5) is 31.2. The molecule has 0 spiro atoms. The number of amides is 2. The maximum Gasteiger partial charge on any atom is 0.242 e. The van der Waals surface area contributed by atoms with Gasteiger partial charge in [0.05, 0.1) is 12.6 Å². The highest BCUT2D eigenvalue weighted by molar-refractivity contribution is 7.10. The summed E-state index contributed by atoms with van der Waals surface area (Å²) in [6, 6.07) is 10.4. The van der Waals surface area contributed by atoms with E-state index < -0.39 is 0 Å². The van der Waals surface area contributed by atoms with E-state index in [-0.39, 0.29) is 24.4 Å². The molecule has 0 bridgehead atoms. The number of nitrogens with zero attached hydrogens (tertiary/aromatic N) is 2. The van der Waals surface area contributed by atoms with Crippen molar-refractivity contribution < 1.29 is 9.59 Å². The van der Waals surface area contributed by atoms with Gasteiger partial charge in [0.15, 0.2) is 0 Å². The highest BCUT2D eigenvalue weighted by atomic mass is 32.1. The van der Waals surface area contributed by atoms with Crippen molar-refractivity contribution in [2.24, 2.45) is 5.92 Å². The van der Waals surface area contributed by atoms with Gasteiger partial charge in [0.25, 0.3) is 0 Å². The lowest BCUT2D eigenvalue weighted by Crippen LogP contribution is -2.47. The third-order valence-electron chi connectivity index (χ3n) is 5.52. The van der Waals surface area contributed by atoms with Gasteiger partial charge in [-0.25, -0.2) is 0 Å². The molecule has 2 aromatic rings. The molecule has 1 aliphatic heterocycles. The van der Waals surface area contributed by atoms with Crippen molar-refractivity contribution in [2.75, 3.05) is 19.6 Å². The molecule has 0 aliphatic carbocycles. The molecule has 2 heterocycles. The molecule has 1 aliphatic rings. The van der Waals surface area contributed by atoms with E-state index in [1.807, 2.05) is 30.9 Å². The number of thiophene rings is 1. The quantitative estimate of drug-likeness (QED) is 0.654. The predicted octanol–water partition coefficient (Wildman–Crippen LogP) is 4.82. The zero-order chi connectivity index (χ0) is 21.0. The van der Waals surface area contributed by atoms with Crippen molar-refractivity contribution in [3.05, 3.63) is 57.3 Å². The van der Waals surface area contributed by atoms with Crippen LogP contribution in [0.1, 0.15) is 61.2 Å². The van der Waals surface area contributed by atoms with Gasteiger partial charge in [0, 0.05) is 24.4 Å². The van der Waals surface area contributed by atoms with Gasteiger partial charge in [-0.05, 0) is 53.8 Å². The van der Waals surface area contributed by atoms with Crippen LogP contribution in [0.5, 0.6) is 0 Å². The molecule has 0 radical (unpaired) electrons. The second kappa shape index (κ2) is 9.57. The number of carbonyl (C=O) groups is 2. The highest BCUT2D eigenvalue weighted by Gasteiger charge is 2.34. The summed E-state index contributed by atoms with van der Waals surface area (Å²) < 4.78 is 0. The number of hydrogen-bond acceptors (Lipinski definition) is 3. The maximum absolute atomic E-state index is 13.4. The normalized spacial score (nSPS) is 16.0. The topological polar surface area (TPSA) is 40.6 Å². The van der Waals surface area contributed by atoms with E-state index in [0.29, 0.717) is 25.4 Å². The summed E-state index contributed by atoms with van der Waals surface area (Å²) in [6.45, 7) is 9.74. The Morgan fingerprint density at radius 1 is 1.21 bits per heavy atom. The Morgan fingerprint density at radius 2 is 1.97 bits per heavy atom. The average molecular weight is 413 g/mol. The van der Waals surface area contributed by atoms with Crippen LogP contribution in [0.3, 0.4) is 0 Å². The van der Waals surface area contributed by atoms with Gasteiger partial charge in [0.2, 0.25) is 11.8 Å². The van der Waals surface area contributed by atoms with Crippen LogP contribution in [-0.4, -0.2) is 41.2 Å². The second-order valence-electron chi connectivity index (χ2n) is 8.31. The molecule has 0 fully saturated rings. The Hall–Kier alpha value is -2.14. The van der Waals surface area contributed by atoms with Crippen LogP contribution in [0.4, 0.5) is 0 Å². The molecular weight excluding hydrogens is 380 g/mol. The lowest BCUT2D eigenvalue weighted by molar-refractivity contribution is -0.142. The molecule has 29 heavy (non-hydrogen) atoms. The third-order valence-corrected chi connectivity index (χ3v) is 6.52. The molecule has 1 aromatic heterocycles. The number of aryl methyl sites for hydroxylation is 1. The molecule has 0 N–H and O–H groups in total. The Balaban J connectivity index is 1.88. The molecule has 1 atom stereocenters. The van der Waals surface area contributed by atoms with E-state index >= 15 is 0 Å². The lowest BCUT2D eigenvalue weighted by atomic mass is 9.90. The zero-order valence-corrected chi connectivity index (χ0v) is 18.8. The molecule has 0 unspecified atom stereocenters. The monoisotopic (exact) mass is 412 g/mol. The minimum Gasteiger partial charge on any atom is -0.333 e. The van der Waals surface area contributed by atoms with Crippen molar-refractivity contribution in [2.45, 2.75) is 53.0 Å². The molecule has 0 saturated heterocycles. The summed E-state index contributed by atoms with van der Waals surface area (Å²) >= 11 is 1.77. The molecule has 2 amide bonds. The first-order chi connectivity index (χ1) is 13.9. The van der Waals surface area contributed by atoms with Gasteiger partial charge in [-0.1, -0.05) is 45.0 Å². The van der Waals surface area contributed by atoms with Crippen LogP contribution in [0.25, 0.3) is 0 Å². The highest BCUT2D eigenvalue weighted by Crippen LogP contribution is 2.39. The zero-order valence-electron chi connectivity index (χ0n) is 18.0. The van der Waals surface area contributed by atoms with E-state index in [1.165, 1.54) is 21.6 Å². The molecular formula is C24H32N2O2S. The fourth-order valence-electron chi connectivity index (χ4n) is 4.11. The first-order valence-electron chi connectivity index (χ1n) is 10.6. The van der Waals surface area contributed by atoms with Gasteiger partial charge in [0.1, 0.15) is 0 Å². The molecule has 156 valence electrons. The summed E-state index contributed by atoms with van der Waals surface area (Å²) in [5, 5.41) is 2.12. The van der Waals surface area contributed by atoms with Gasteiger partial charge < -0.3 is 9.80 Å². The van der Waals surface area contributed by atoms with E-state index in [4.69, 9.17) is 0 Å². The van der Waals surface area contributed by atoms with E-state index in [9.17, 15) is 9.59 Å². The van der Waals surface area contributed by atoms with Gasteiger partial charge >= 0.3 is 0 Å². The SMILES string of the molecule is CCCN(CC(=O)N1CCc2sccc2[C@H]1c1ccccc1C)C(=O)CC(C)C. The van der Waals surface area contributed by atoms with Crippen molar-refractivity contribution in [1.82, 2.24) is 9.80 Å². The largest absolute Gasteiger partial charge is 0.333 e. The average Bonchev–Trinajstić information content (AvgIpc) is 3.15. The molecule has 4 nitrogen and oxygen atoms in total. The maximum atomic E-state index is 13.4. The van der Waals surface area contributed by atoms with E-state index in [1.54, 1.807) is 16.2 Å². The van der Waals surface area contributed by atoms with Crippen LogP contribution >= 0.6 is 11.3 Å². The van der Waals surface area contributed by atoms with Crippen molar-refractivity contribution in [3.63, 3.8) is 0 Å². The van der Waals surface area contributed by atoms with E-state index in [0.717, 1.165) is 12.8 Å². The minimum atomic E-state index is -0.0672. The van der Waals surface area contributed by atoms with Gasteiger partial charge in [-0.15, -0.1) is 11.3 Å². The van der Waals surface area contributed by atoms with Crippen LogP contribution in [0, 0.1) is 12.8 Å². The minimum absolute atomic E-state index is 0.0423. The molecule has 1 aromatic carbocycles. The predicted molar refractivity (Wildman–Crippen MR) is 119 cm³/mol. The van der Waals surface area contributed by atoms with Crippen molar-refractivity contribution >= 4 is 23.2 Å².